The van der Waals surface area contributed by atoms with Gasteiger partial charge in [0.15, 0.2) is 5.11 Å². The Bertz CT molecular complexity index is 415. The minimum absolute atomic E-state index is 0.428. The highest BCUT2D eigenvalue weighted by molar-refractivity contribution is 7.80. The molecule has 19 heavy (non-hydrogen) atoms. The van der Waals surface area contributed by atoms with E-state index < -0.39 is 0 Å². The molecular weight excluding hydrogens is 252 g/mol. The summed E-state index contributed by atoms with van der Waals surface area (Å²) >= 11 is 5.36. The molecule has 1 atom stereocenters. The second-order valence-corrected chi connectivity index (χ2v) is 5.72. The second-order valence-electron chi connectivity index (χ2n) is 5.31. The Hall–Kier alpha value is -1.09. The quantitative estimate of drug-likeness (QED) is 0.589. The summed E-state index contributed by atoms with van der Waals surface area (Å²) in [4.78, 5) is 0. The topological polar surface area (TPSA) is 24.1 Å². The van der Waals surface area contributed by atoms with Gasteiger partial charge in [-0.15, -0.1) is 0 Å². The van der Waals surface area contributed by atoms with Crippen molar-refractivity contribution in [1.29, 1.82) is 0 Å². The lowest BCUT2D eigenvalue weighted by atomic mass is 10.1. The van der Waals surface area contributed by atoms with Crippen LogP contribution in [0.3, 0.4) is 0 Å². The Morgan fingerprint density at radius 3 is 2.63 bits per heavy atom. The highest BCUT2D eigenvalue weighted by Crippen LogP contribution is 2.16. The highest BCUT2D eigenvalue weighted by atomic mass is 32.1. The molecule has 0 aliphatic heterocycles. The standard InChI is InChI=1S/C16H26N2S/c1-5-6-7-8-14(4)17-16(19)18-15-10-9-12(2)11-13(15)3/h9-11,14H,5-8H2,1-4H3,(H2,17,18,19). The molecule has 0 heterocycles. The molecule has 0 bridgehead atoms. The molecule has 0 saturated heterocycles. The van der Waals surface area contributed by atoms with Crippen molar-refractivity contribution in [2.45, 2.75) is 59.4 Å². The minimum atomic E-state index is 0.428. The lowest BCUT2D eigenvalue weighted by Gasteiger charge is -2.18. The second kappa shape index (κ2) is 8.16. The van der Waals surface area contributed by atoms with E-state index in [4.69, 9.17) is 12.2 Å². The van der Waals surface area contributed by atoms with E-state index in [1.807, 2.05) is 0 Å². The van der Waals surface area contributed by atoms with Crippen LogP contribution in [0.4, 0.5) is 5.69 Å². The molecule has 0 aliphatic rings. The average Bonchev–Trinajstić information content (AvgIpc) is 2.33. The first-order valence-corrected chi connectivity index (χ1v) is 7.58. The van der Waals surface area contributed by atoms with Crippen LogP contribution in [0.5, 0.6) is 0 Å². The smallest absolute Gasteiger partial charge is 0.170 e. The normalized spacial score (nSPS) is 12.0. The van der Waals surface area contributed by atoms with Crippen molar-refractivity contribution in [3.8, 4) is 0 Å². The maximum Gasteiger partial charge on any atom is 0.170 e. The van der Waals surface area contributed by atoms with Gasteiger partial charge in [0.2, 0.25) is 0 Å². The van der Waals surface area contributed by atoms with E-state index in [1.165, 1.54) is 36.8 Å². The van der Waals surface area contributed by atoms with Gasteiger partial charge in [-0.25, -0.2) is 0 Å². The molecule has 0 aromatic heterocycles. The van der Waals surface area contributed by atoms with Crippen LogP contribution in [-0.4, -0.2) is 11.2 Å². The zero-order valence-corrected chi connectivity index (χ0v) is 13.4. The number of aryl methyl sites for hydroxylation is 2. The number of unbranched alkanes of at least 4 members (excludes halogenated alkanes) is 2. The van der Waals surface area contributed by atoms with Crippen molar-refractivity contribution in [2.24, 2.45) is 0 Å². The Morgan fingerprint density at radius 2 is 2.00 bits per heavy atom. The third kappa shape index (κ3) is 6.06. The fraction of sp³-hybridized carbons (Fsp3) is 0.562. The lowest BCUT2D eigenvalue weighted by molar-refractivity contribution is 0.556. The zero-order valence-electron chi connectivity index (χ0n) is 12.5. The molecule has 1 aromatic carbocycles. The van der Waals surface area contributed by atoms with Crippen molar-refractivity contribution in [3.05, 3.63) is 29.3 Å². The Balaban J connectivity index is 2.42. The van der Waals surface area contributed by atoms with E-state index in [1.54, 1.807) is 0 Å². The fourth-order valence-electron chi connectivity index (χ4n) is 2.11. The van der Waals surface area contributed by atoms with Gasteiger partial charge in [-0.05, 0) is 51.0 Å². The maximum atomic E-state index is 5.36. The van der Waals surface area contributed by atoms with Crippen LogP contribution in [0.15, 0.2) is 18.2 Å². The van der Waals surface area contributed by atoms with E-state index in [-0.39, 0.29) is 0 Å². The number of thiocarbonyl (C=S) groups is 1. The molecule has 1 rings (SSSR count). The van der Waals surface area contributed by atoms with E-state index >= 15 is 0 Å². The third-order valence-corrected chi connectivity index (χ3v) is 3.47. The lowest BCUT2D eigenvalue weighted by Crippen LogP contribution is -2.36. The van der Waals surface area contributed by atoms with Crippen molar-refractivity contribution >= 4 is 23.0 Å². The molecule has 2 nitrogen and oxygen atoms in total. The van der Waals surface area contributed by atoms with Gasteiger partial charge in [0, 0.05) is 11.7 Å². The molecule has 0 radical (unpaired) electrons. The molecule has 0 amide bonds. The summed E-state index contributed by atoms with van der Waals surface area (Å²) in [7, 11) is 0. The summed E-state index contributed by atoms with van der Waals surface area (Å²) < 4.78 is 0. The summed E-state index contributed by atoms with van der Waals surface area (Å²) in [5.41, 5.74) is 3.58. The Morgan fingerprint density at radius 1 is 1.26 bits per heavy atom. The van der Waals surface area contributed by atoms with Crippen LogP contribution in [0.2, 0.25) is 0 Å². The number of rotatable bonds is 6. The molecule has 106 valence electrons. The first-order valence-electron chi connectivity index (χ1n) is 7.17. The summed E-state index contributed by atoms with van der Waals surface area (Å²) in [6, 6.07) is 6.77. The molecule has 1 unspecified atom stereocenters. The van der Waals surface area contributed by atoms with Gasteiger partial charge in [-0.1, -0.05) is 43.9 Å². The molecule has 0 spiro atoms. The van der Waals surface area contributed by atoms with Gasteiger partial charge in [0.25, 0.3) is 0 Å². The van der Waals surface area contributed by atoms with Crippen LogP contribution in [0.1, 0.15) is 50.7 Å². The van der Waals surface area contributed by atoms with Crippen LogP contribution >= 0.6 is 12.2 Å². The van der Waals surface area contributed by atoms with Gasteiger partial charge in [-0.3, -0.25) is 0 Å². The van der Waals surface area contributed by atoms with Crippen LogP contribution in [-0.2, 0) is 0 Å². The number of benzene rings is 1. The molecule has 2 N–H and O–H groups in total. The van der Waals surface area contributed by atoms with Gasteiger partial charge in [0.05, 0.1) is 0 Å². The summed E-state index contributed by atoms with van der Waals surface area (Å²) in [6.45, 7) is 8.61. The predicted molar refractivity (Wildman–Crippen MR) is 88.9 cm³/mol. The van der Waals surface area contributed by atoms with Crippen molar-refractivity contribution in [2.75, 3.05) is 5.32 Å². The van der Waals surface area contributed by atoms with Gasteiger partial charge in [0.1, 0.15) is 0 Å². The number of hydrogen-bond acceptors (Lipinski definition) is 1. The zero-order chi connectivity index (χ0) is 14.3. The first-order chi connectivity index (χ1) is 9.02. The first kappa shape index (κ1) is 16.0. The van der Waals surface area contributed by atoms with Crippen LogP contribution in [0.25, 0.3) is 0 Å². The summed E-state index contributed by atoms with van der Waals surface area (Å²) in [6.07, 6.45) is 4.99. The van der Waals surface area contributed by atoms with Gasteiger partial charge >= 0.3 is 0 Å². The largest absolute Gasteiger partial charge is 0.360 e. The SMILES string of the molecule is CCCCCC(C)NC(=S)Nc1ccc(C)cc1C. The minimum Gasteiger partial charge on any atom is -0.360 e. The van der Waals surface area contributed by atoms with Gasteiger partial charge in [-0.2, -0.15) is 0 Å². The molecule has 0 aliphatic carbocycles. The Kier molecular flexibility index (Phi) is 6.85. The van der Waals surface area contributed by atoms with E-state index in [0.717, 1.165) is 10.8 Å². The van der Waals surface area contributed by atoms with E-state index in [9.17, 15) is 0 Å². The van der Waals surface area contributed by atoms with Crippen molar-refractivity contribution in [1.82, 2.24) is 5.32 Å². The molecule has 0 fully saturated rings. The van der Waals surface area contributed by atoms with Crippen molar-refractivity contribution < 1.29 is 0 Å². The van der Waals surface area contributed by atoms with Gasteiger partial charge < -0.3 is 10.6 Å². The number of anilines is 1. The maximum absolute atomic E-state index is 5.36. The predicted octanol–water partition coefficient (Wildman–Crippen LogP) is 4.56. The number of hydrogen-bond donors (Lipinski definition) is 2. The molecule has 0 saturated carbocycles. The highest BCUT2D eigenvalue weighted by Gasteiger charge is 2.05. The molecule has 1 aromatic rings. The van der Waals surface area contributed by atoms with Crippen molar-refractivity contribution in [3.63, 3.8) is 0 Å². The summed E-state index contributed by atoms with van der Waals surface area (Å²) in [5.74, 6) is 0. The number of nitrogens with one attached hydrogen (secondary N) is 2. The van der Waals surface area contributed by atoms with Crippen LogP contribution < -0.4 is 10.6 Å². The molecule has 3 heteroatoms. The third-order valence-electron chi connectivity index (χ3n) is 3.25. The summed E-state index contributed by atoms with van der Waals surface area (Å²) in [5, 5.41) is 7.35. The van der Waals surface area contributed by atoms with E-state index in [2.05, 4.69) is 56.5 Å². The van der Waals surface area contributed by atoms with E-state index in [0.29, 0.717) is 6.04 Å². The Labute approximate surface area is 123 Å². The fourth-order valence-corrected chi connectivity index (χ4v) is 2.42. The van der Waals surface area contributed by atoms with Crippen LogP contribution in [0, 0.1) is 13.8 Å². The average molecular weight is 278 g/mol. The molecular formula is C16H26N2S. The monoisotopic (exact) mass is 278 g/mol.